The van der Waals surface area contributed by atoms with Gasteiger partial charge in [-0.3, -0.25) is 14.4 Å². The quantitative estimate of drug-likeness (QED) is 0.117. The van der Waals surface area contributed by atoms with Crippen molar-refractivity contribution in [2.24, 2.45) is 11.3 Å². The molecule has 0 heterocycles. The molecule has 4 N–H and O–H groups in total. The molecule has 0 fully saturated rings. The maximum absolute atomic E-state index is 13.1. The highest BCUT2D eigenvalue weighted by Gasteiger charge is 2.65. The van der Waals surface area contributed by atoms with Gasteiger partial charge in [-0.15, -0.1) is 0 Å². The minimum Gasteiger partial charge on any atom is -0.481 e. The summed E-state index contributed by atoms with van der Waals surface area (Å²) in [5, 5.41) is 39.7. The number of carbonyl (C=O) groups excluding carboxylic acids is 1. The van der Waals surface area contributed by atoms with E-state index < -0.39 is 47.5 Å². The van der Waals surface area contributed by atoms with Gasteiger partial charge in [0.1, 0.15) is 0 Å². The molecular formula is C26H46O8. The summed E-state index contributed by atoms with van der Waals surface area (Å²) in [4.78, 5) is 48.6. The molecule has 0 amide bonds. The number of rotatable bonds is 22. The molecule has 0 saturated heterocycles. The van der Waals surface area contributed by atoms with Crippen LogP contribution in [0.15, 0.2) is 0 Å². The van der Waals surface area contributed by atoms with Gasteiger partial charge in [-0.2, -0.15) is 0 Å². The van der Waals surface area contributed by atoms with E-state index in [1.807, 2.05) is 6.92 Å². The highest BCUT2D eigenvalue weighted by Crippen LogP contribution is 2.43. The topological polar surface area (TPSA) is 149 Å². The molecular weight excluding hydrogens is 440 g/mol. The lowest BCUT2D eigenvalue weighted by atomic mass is 9.63. The number of ketones is 1. The number of aliphatic hydroxyl groups is 1. The summed E-state index contributed by atoms with van der Waals surface area (Å²) in [6.45, 7) is 6.34. The van der Waals surface area contributed by atoms with Crippen molar-refractivity contribution < 1.29 is 39.6 Å². The van der Waals surface area contributed by atoms with E-state index in [2.05, 4.69) is 13.8 Å². The Balaban J connectivity index is 5.12. The molecule has 0 saturated carbocycles. The molecule has 0 aliphatic heterocycles. The number of carboxylic acids is 3. The minimum absolute atomic E-state index is 0.216. The number of hydrogen-bond acceptors (Lipinski definition) is 5. The third kappa shape index (κ3) is 10.1. The smallest absolute Gasteiger partial charge is 0.338 e. The van der Waals surface area contributed by atoms with Crippen molar-refractivity contribution in [2.45, 2.75) is 129 Å². The van der Waals surface area contributed by atoms with Gasteiger partial charge in [-0.1, -0.05) is 97.8 Å². The van der Waals surface area contributed by atoms with Crippen LogP contribution in [0.4, 0.5) is 0 Å². The van der Waals surface area contributed by atoms with Crippen molar-refractivity contribution in [1.29, 1.82) is 0 Å². The largest absolute Gasteiger partial charge is 0.481 e. The van der Waals surface area contributed by atoms with E-state index in [0.29, 0.717) is 19.3 Å². The normalized spacial score (nSPS) is 15.0. The summed E-state index contributed by atoms with van der Waals surface area (Å²) in [5.41, 5.74) is -5.91. The molecule has 2 atom stereocenters. The van der Waals surface area contributed by atoms with Gasteiger partial charge in [0, 0.05) is 6.42 Å². The first-order chi connectivity index (χ1) is 16.0. The molecule has 0 aliphatic carbocycles. The first-order valence-electron chi connectivity index (χ1n) is 12.9. The molecule has 0 aromatic heterocycles. The van der Waals surface area contributed by atoms with Crippen LogP contribution in [0.3, 0.4) is 0 Å². The highest BCUT2D eigenvalue weighted by molar-refractivity contribution is 6.09. The zero-order valence-corrected chi connectivity index (χ0v) is 21.3. The summed E-state index contributed by atoms with van der Waals surface area (Å²) in [7, 11) is 0. The van der Waals surface area contributed by atoms with Crippen LogP contribution < -0.4 is 0 Å². The van der Waals surface area contributed by atoms with Gasteiger partial charge in [-0.05, 0) is 18.8 Å². The van der Waals surface area contributed by atoms with Crippen molar-refractivity contribution >= 4 is 23.7 Å². The van der Waals surface area contributed by atoms with Gasteiger partial charge in [0.15, 0.2) is 16.8 Å². The fourth-order valence-electron chi connectivity index (χ4n) is 4.54. The predicted molar refractivity (Wildman–Crippen MR) is 130 cm³/mol. The molecule has 0 spiro atoms. The summed E-state index contributed by atoms with van der Waals surface area (Å²) < 4.78 is 0. The van der Waals surface area contributed by atoms with Crippen LogP contribution in [-0.4, -0.2) is 49.7 Å². The monoisotopic (exact) mass is 486 g/mol. The second-order valence-electron chi connectivity index (χ2n) is 9.94. The Morgan fingerprint density at radius 3 is 1.62 bits per heavy atom. The second kappa shape index (κ2) is 16.6. The lowest BCUT2D eigenvalue weighted by molar-refractivity contribution is -0.196. The Hall–Kier alpha value is -1.96. The Kier molecular flexibility index (Phi) is 15.7. The highest BCUT2D eigenvalue weighted by atomic mass is 16.4. The Bertz CT molecular complexity index is 645. The number of unbranched alkanes of at least 4 members (excludes halogenated alkanes) is 10. The summed E-state index contributed by atoms with van der Waals surface area (Å²) in [5.74, 6) is -5.64. The zero-order valence-electron chi connectivity index (χ0n) is 21.3. The number of carboxylic acid groups (broad SMARTS) is 3. The first-order valence-corrected chi connectivity index (χ1v) is 12.9. The average Bonchev–Trinajstić information content (AvgIpc) is 2.73. The van der Waals surface area contributed by atoms with Gasteiger partial charge in [0.2, 0.25) is 0 Å². The van der Waals surface area contributed by atoms with Gasteiger partial charge in [-0.25, -0.2) is 4.79 Å². The molecule has 8 heteroatoms. The minimum atomic E-state index is -3.22. The van der Waals surface area contributed by atoms with E-state index in [0.717, 1.165) is 38.0 Å². The Morgan fingerprint density at radius 1 is 0.706 bits per heavy atom. The molecule has 0 rings (SSSR count). The average molecular weight is 487 g/mol. The van der Waals surface area contributed by atoms with E-state index in [-0.39, 0.29) is 12.8 Å². The fourth-order valence-corrected chi connectivity index (χ4v) is 4.54. The SMILES string of the molecule is CCCCCC(=O)C(CCCCCCCCCCCC(C)C)(C(=O)O)C(O)(CC(=O)O)C(=O)O. The number of aliphatic carboxylic acids is 3. The number of carbonyl (C=O) groups is 4. The van der Waals surface area contributed by atoms with Crippen molar-refractivity contribution in [3.63, 3.8) is 0 Å². The van der Waals surface area contributed by atoms with Crippen molar-refractivity contribution in [1.82, 2.24) is 0 Å². The molecule has 34 heavy (non-hydrogen) atoms. The van der Waals surface area contributed by atoms with Crippen LogP contribution >= 0.6 is 0 Å². The summed E-state index contributed by atoms with van der Waals surface area (Å²) >= 11 is 0. The molecule has 2 unspecified atom stereocenters. The zero-order chi connectivity index (χ0) is 26.2. The Morgan fingerprint density at radius 2 is 1.21 bits per heavy atom. The van der Waals surface area contributed by atoms with Crippen molar-refractivity contribution in [3.8, 4) is 0 Å². The van der Waals surface area contributed by atoms with Crippen LogP contribution in [-0.2, 0) is 19.2 Å². The van der Waals surface area contributed by atoms with Gasteiger partial charge in [0.05, 0.1) is 6.42 Å². The predicted octanol–water partition coefficient (Wildman–Crippen LogP) is 5.44. The van der Waals surface area contributed by atoms with Crippen LogP contribution in [0.25, 0.3) is 0 Å². The first kappa shape index (κ1) is 32.0. The standard InChI is InChI=1S/C26H46O8/c1-4-5-13-17-21(27)25(23(30)31,26(34,24(32)33)19-22(28)29)18-15-12-10-8-6-7-9-11-14-16-20(2)3/h20,34H,4-19H2,1-3H3,(H,28,29)(H,30,31)(H,32,33). The van der Waals surface area contributed by atoms with Gasteiger partial charge >= 0.3 is 17.9 Å². The van der Waals surface area contributed by atoms with Crippen LogP contribution in [0, 0.1) is 11.3 Å². The molecule has 0 aromatic carbocycles. The van der Waals surface area contributed by atoms with Crippen molar-refractivity contribution in [3.05, 3.63) is 0 Å². The van der Waals surface area contributed by atoms with Gasteiger partial charge < -0.3 is 20.4 Å². The number of Topliss-reactive ketones (excluding diaryl/α,β-unsaturated/α-hetero) is 1. The molecule has 0 bridgehead atoms. The van der Waals surface area contributed by atoms with Crippen molar-refractivity contribution in [2.75, 3.05) is 0 Å². The van der Waals surface area contributed by atoms with E-state index in [4.69, 9.17) is 0 Å². The number of hydrogen-bond donors (Lipinski definition) is 4. The van der Waals surface area contributed by atoms with E-state index in [1.54, 1.807) is 0 Å². The summed E-state index contributed by atoms with van der Waals surface area (Å²) in [6.07, 6.45) is 9.40. The molecule has 8 nitrogen and oxygen atoms in total. The molecule has 0 aliphatic rings. The third-order valence-corrected chi connectivity index (χ3v) is 6.65. The van der Waals surface area contributed by atoms with Crippen LogP contribution in [0.1, 0.15) is 124 Å². The molecule has 0 radical (unpaired) electrons. The Labute approximate surface area is 204 Å². The maximum Gasteiger partial charge on any atom is 0.338 e. The molecule has 0 aromatic rings. The lowest BCUT2D eigenvalue weighted by Crippen LogP contribution is -2.63. The summed E-state index contributed by atoms with van der Waals surface area (Å²) in [6, 6.07) is 0. The fraction of sp³-hybridized carbons (Fsp3) is 0.846. The van der Waals surface area contributed by atoms with E-state index >= 15 is 0 Å². The second-order valence-corrected chi connectivity index (χ2v) is 9.94. The van der Waals surface area contributed by atoms with Crippen LogP contribution in [0.2, 0.25) is 0 Å². The van der Waals surface area contributed by atoms with E-state index in [1.165, 1.54) is 25.7 Å². The van der Waals surface area contributed by atoms with Crippen LogP contribution in [0.5, 0.6) is 0 Å². The maximum atomic E-state index is 13.1. The van der Waals surface area contributed by atoms with Gasteiger partial charge in [0.25, 0.3) is 0 Å². The third-order valence-electron chi connectivity index (χ3n) is 6.65. The lowest BCUT2D eigenvalue weighted by Gasteiger charge is -2.39. The molecule has 198 valence electrons. The van der Waals surface area contributed by atoms with E-state index in [9.17, 15) is 39.6 Å².